The van der Waals surface area contributed by atoms with Gasteiger partial charge in [0.2, 0.25) is 6.41 Å². The van der Waals surface area contributed by atoms with Gasteiger partial charge < -0.3 is 26.6 Å². The van der Waals surface area contributed by atoms with Gasteiger partial charge in [0.05, 0.1) is 0 Å². The molecule has 0 atom stereocenters. The summed E-state index contributed by atoms with van der Waals surface area (Å²) in [6.07, 6.45) is -3.07. The quantitative estimate of drug-likeness (QED) is 0.640. The minimum Gasteiger partial charge on any atom is -0.512 e. The number of hydrogen-bond acceptors (Lipinski definition) is 4. The van der Waals surface area contributed by atoms with Gasteiger partial charge in [0.1, 0.15) is 0 Å². The van der Waals surface area contributed by atoms with E-state index < -0.39 is 6.29 Å². The SMILES string of the molecule is O=CNCc1ccc2c(c1)OC(F)(F)O2.[C-]#N. The molecule has 17 heavy (non-hydrogen) atoms. The van der Waals surface area contributed by atoms with E-state index in [2.05, 4.69) is 14.8 Å². The van der Waals surface area contributed by atoms with Gasteiger partial charge in [0.25, 0.3) is 0 Å². The van der Waals surface area contributed by atoms with Crippen molar-refractivity contribution in [3.63, 3.8) is 0 Å². The Balaban J connectivity index is 0.000000686. The summed E-state index contributed by atoms with van der Waals surface area (Å²) < 4.78 is 33.7. The molecule has 0 spiro atoms. The minimum atomic E-state index is -3.60. The van der Waals surface area contributed by atoms with Crippen molar-refractivity contribution in [2.24, 2.45) is 0 Å². The van der Waals surface area contributed by atoms with Crippen LogP contribution in [0.5, 0.6) is 11.5 Å². The third-order valence-electron chi connectivity index (χ3n) is 1.86. The highest BCUT2D eigenvalue weighted by Gasteiger charge is 2.43. The second-order valence-corrected chi connectivity index (χ2v) is 2.95. The predicted molar refractivity (Wildman–Crippen MR) is 50.5 cm³/mol. The van der Waals surface area contributed by atoms with Crippen LogP contribution in [0.1, 0.15) is 5.56 Å². The molecular weight excluding hydrogens is 234 g/mol. The van der Waals surface area contributed by atoms with Crippen LogP contribution in [0.4, 0.5) is 8.78 Å². The summed E-state index contributed by atoms with van der Waals surface area (Å²) in [6.45, 7) is 5.01. The molecule has 1 aromatic rings. The molecule has 0 saturated heterocycles. The number of nitrogens with zero attached hydrogens (tertiary/aromatic N) is 1. The molecule has 1 heterocycles. The Morgan fingerprint density at radius 1 is 1.35 bits per heavy atom. The first-order valence-electron chi connectivity index (χ1n) is 4.39. The van der Waals surface area contributed by atoms with Gasteiger partial charge in [-0.2, -0.15) is 0 Å². The maximum Gasteiger partial charge on any atom is 0.586 e. The Hall–Kier alpha value is -2.36. The van der Waals surface area contributed by atoms with Crippen LogP contribution in [0.2, 0.25) is 0 Å². The molecule has 1 amide bonds. The third-order valence-corrected chi connectivity index (χ3v) is 1.86. The van der Waals surface area contributed by atoms with Gasteiger partial charge in [-0.15, -0.1) is 8.78 Å². The maximum atomic E-state index is 12.6. The number of ether oxygens (including phenoxy) is 2. The Bertz CT molecular complexity index is 435. The number of nitrogens with one attached hydrogen (secondary N) is 1. The molecule has 0 aliphatic carbocycles. The lowest BCUT2D eigenvalue weighted by atomic mass is 10.2. The second-order valence-electron chi connectivity index (χ2n) is 2.95. The first-order chi connectivity index (χ1) is 8.11. The normalized spacial score (nSPS) is 14.4. The van der Waals surface area contributed by atoms with Gasteiger partial charge in [-0.25, -0.2) is 0 Å². The lowest BCUT2D eigenvalue weighted by Crippen LogP contribution is -2.25. The number of fused-ring (bicyclic) bond motifs is 1. The fraction of sp³-hybridized carbons (Fsp3) is 0.200. The van der Waals surface area contributed by atoms with Crippen molar-refractivity contribution in [2.45, 2.75) is 12.8 Å². The van der Waals surface area contributed by atoms with E-state index in [0.717, 1.165) is 0 Å². The fourth-order valence-corrected chi connectivity index (χ4v) is 1.26. The number of carbonyl (C=O) groups excluding carboxylic acids is 1. The molecule has 0 aromatic heterocycles. The molecule has 1 aliphatic heterocycles. The number of amides is 1. The van der Waals surface area contributed by atoms with Crippen molar-refractivity contribution in [1.82, 2.24) is 5.32 Å². The van der Waals surface area contributed by atoms with Crippen LogP contribution in [-0.4, -0.2) is 12.7 Å². The summed E-state index contributed by atoms with van der Waals surface area (Å²) in [4.78, 5) is 10.0. The zero-order valence-corrected chi connectivity index (χ0v) is 8.44. The summed E-state index contributed by atoms with van der Waals surface area (Å²) in [5.41, 5.74) is 0.655. The molecule has 0 fully saturated rings. The standard InChI is InChI=1S/C9H7F2NO3.CN/c10-9(11)14-7-2-1-6(4-12-5-13)3-8(7)15-9;1-2/h1-3,5H,4H2,(H,12,13);/q;-1. The van der Waals surface area contributed by atoms with Crippen LogP contribution in [0, 0.1) is 11.8 Å². The van der Waals surface area contributed by atoms with Crippen molar-refractivity contribution in [1.29, 1.82) is 5.26 Å². The van der Waals surface area contributed by atoms with E-state index in [4.69, 9.17) is 11.8 Å². The summed E-state index contributed by atoms with van der Waals surface area (Å²) in [7, 11) is 0. The van der Waals surface area contributed by atoms with Gasteiger partial charge in [-0.1, -0.05) is 6.07 Å². The van der Waals surface area contributed by atoms with E-state index in [-0.39, 0.29) is 18.0 Å². The van der Waals surface area contributed by atoms with Gasteiger partial charge in [0.15, 0.2) is 11.5 Å². The molecular formula is C10H7F2N2O3-. The Morgan fingerprint density at radius 3 is 2.65 bits per heavy atom. The Labute approximate surface area is 95.6 Å². The van der Waals surface area contributed by atoms with Crippen molar-refractivity contribution in [3.05, 3.63) is 30.3 Å². The van der Waals surface area contributed by atoms with E-state index in [1.807, 2.05) is 0 Å². The monoisotopic (exact) mass is 241 g/mol. The molecule has 0 radical (unpaired) electrons. The lowest BCUT2D eigenvalue weighted by molar-refractivity contribution is -0.286. The van der Waals surface area contributed by atoms with Gasteiger partial charge in [-0.3, -0.25) is 4.79 Å². The van der Waals surface area contributed by atoms with Crippen molar-refractivity contribution < 1.29 is 23.0 Å². The second kappa shape index (κ2) is 5.12. The lowest BCUT2D eigenvalue weighted by Gasteiger charge is -2.04. The van der Waals surface area contributed by atoms with Gasteiger partial charge >= 0.3 is 6.29 Å². The first kappa shape index (κ1) is 12.7. The third kappa shape index (κ3) is 3.04. The average Bonchev–Trinajstić information content (AvgIpc) is 2.62. The first-order valence-corrected chi connectivity index (χ1v) is 4.39. The summed E-state index contributed by atoms with van der Waals surface area (Å²) in [6, 6.07) is 4.34. The highest BCUT2D eigenvalue weighted by atomic mass is 19.3. The predicted octanol–water partition coefficient (Wildman–Crippen LogP) is 1.35. The molecule has 0 saturated carbocycles. The number of rotatable bonds is 3. The van der Waals surface area contributed by atoms with E-state index in [1.165, 1.54) is 12.1 Å². The van der Waals surface area contributed by atoms with E-state index in [1.54, 1.807) is 6.07 Å². The topological polar surface area (TPSA) is 71.3 Å². The number of benzene rings is 1. The molecule has 1 N–H and O–H groups in total. The molecule has 2 rings (SSSR count). The number of carbonyl (C=O) groups is 1. The van der Waals surface area contributed by atoms with Crippen molar-refractivity contribution in [2.75, 3.05) is 0 Å². The average molecular weight is 241 g/mol. The van der Waals surface area contributed by atoms with Crippen LogP contribution >= 0.6 is 0 Å². The fourth-order valence-electron chi connectivity index (χ4n) is 1.26. The summed E-state index contributed by atoms with van der Waals surface area (Å²) >= 11 is 0. The van der Waals surface area contributed by atoms with Crippen LogP contribution in [0.15, 0.2) is 18.2 Å². The maximum absolute atomic E-state index is 12.6. The van der Waals surface area contributed by atoms with Crippen molar-refractivity contribution >= 4 is 6.41 Å². The molecule has 7 heteroatoms. The van der Waals surface area contributed by atoms with E-state index in [0.29, 0.717) is 12.0 Å². The Morgan fingerprint density at radius 2 is 2.00 bits per heavy atom. The zero-order valence-electron chi connectivity index (χ0n) is 8.44. The number of hydrogen-bond donors (Lipinski definition) is 1. The molecule has 5 nitrogen and oxygen atoms in total. The minimum absolute atomic E-state index is 0.00477. The highest BCUT2D eigenvalue weighted by Crippen LogP contribution is 2.41. The van der Waals surface area contributed by atoms with Crippen LogP contribution in [-0.2, 0) is 11.3 Å². The van der Waals surface area contributed by atoms with E-state index >= 15 is 0 Å². The Kier molecular flexibility index (Phi) is 3.82. The molecule has 1 aromatic carbocycles. The van der Waals surface area contributed by atoms with Crippen LogP contribution < -0.4 is 14.8 Å². The summed E-state index contributed by atoms with van der Waals surface area (Å²) in [5.74, 6) is -0.0277. The van der Waals surface area contributed by atoms with Crippen LogP contribution in [0.3, 0.4) is 0 Å². The number of halogens is 2. The van der Waals surface area contributed by atoms with Gasteiger partial charge in [-0.05, 0) is 17.7 Å². The molecule has 1 aliphatic rings. The number of alkyl halides is 2. The summed E-state index contributed by atoms with van der Waals surface area (Å²) in [5, 5.41) is 8.66. The van der Waals surface area contributed by atoms with E-state index in [9.17, 15) is 13.6 Å². The molecule has 0 bridgehead atoms. The highest BCUT2D eigenvalue weighted by molar-refractivity contribution is 5.48. The van der Waals surface area contributed by atoms with Gasteiger partial charge in [0, 0.05) is 6.54 Å². The smallest absolute Gasteiger partial charge is 0.512 e. The molecule has 0 unspecified atom stereocenters. The van der Waals surface area contributed by atoms with Crippen molar-refractivity contribution in [3.8, 4) is 11.5 Å². The zero-order chi connectivity index (χ0) is 12.9. The largest absolute Gasteiger partial charge is 0.586 e. The van der Waals surface area contributed by atoms with Crippen LogP contribution in [0.25, 0.3) is 0 Å². The molecule has 90 valence electrons.